The van der Waals surface area contributed by atoms with Crippen molar-refractivity contribution < 1.29 is 4.79 Å². The van der Waals surface area contributed by atoms with Crippen LogP contribution in [0.15, 0.2) is 36.7 Å². The summed E-state index contributed by atoms with van der Waals surface area (Å²) >= 11 is 0. The average Bonchev–Trinajstić information content (AvgIpc) is 2.88. The Kier molecular flexibility index (Phi) is 4.98. The summed E-state index contributed by atoms with van der Waals surface area (Å²) in [5.41, 5.74) is 2.87. The van der Waals surface area contributed by atoms with E-state index in [2.05, 4.69) is 15.7 Å². The van der Waals surface area contributed by atoms with E-state index in [0.717, 1.165) is 23.5 Å². The van der Waals surface area contributed by atoms with E-state index in [1.165, 1.54) is 0 Å². The Morgan fingerprint density at radius 2 is 2.14 bits per heavy atom. The van der Waals surface area contributed by atoms with Crippen molar-refractivity contribution in [3.8, 4) is 0 Å². The third-order valence-corrected chi connectivity index (χ3v) is 3.28. The van der Waals surface area contributed by atoms with E-state index in [1.54, 1.807) is 6.20 Å². The summed E-state index contributed by atoms with van der Waals surface area (Å²) < 4.78 is 1.85. The van der Waals surface area contributed by atoms with Crippen LogP contribution in [0.2, 0.25) is 0 Å². The lowest BCUT2D eigenvalue weighted by molar-refractivity contribution is -0.116. The molecule has 21 heavy (non-hydrogen) atoms. The monoisotopic (exact) mass is 286 g/mol. The maximum absolute atomic E-state index is 12.1. The predicted octanol–water partition coefficient (Wildman–Crippen LogP) is 3.04. The van der Waals surface area contributed by atoms with Gasteiger partial charge in [-0.1, -0.05) is 18.2 Å². The Labute approximate surface area is 125 Å². The van der Waals surface area contributed by atoms with Crippen molar-refractivity contribution in [3.63, 3.8) is 0 Å². The Hall–Kier alpha value is -2.30. The third kappa shape index (κ3) is 4.34. The fourth-order valence-corrected chi connectivity index (χ4v) is 2.14. The fraction of sp³-hybridized carbons (Fsp3) is 0.375. The van der Waals surface area contributed by atoms with Gasteiger partial charge in [0.2, 0.25) is 5.91 Å². The molecule has 1 aromatic heterocycles. The van der Waals surface area contributed by atoms with E-state index < -0.39 is 0 Å². The van der Waals surface area contributed by atoms with Gasteiger partial charge >= 0.3 is 0 Å². The first kappa shape index (κ1) is 15.1. The number of hydrogen-bond donors (Lipinski definition) is 2. The molecule has 0 spiro atoms. The van der Waals surface area contributed by atoms with Crippen LogP contribution in [-0.2, 0) is 11.3 Å². The van der Waals surface area contributed by atoms with Gasteiger partial charge in [-0.3, -0.25) is 9.48 Å². The summed E-state index contributed by atoms with van der Waals surface area (Å²) in [5.74, 6) is 0.00665. The van der Waals surface area contributed by atoms with E-state index in [9.17, 15) is 4.79 Å². The number of amides is 1. The van der Waals surface area contributed by atoms with Crippen molar-refractivity contribution in [1.82, 2.24) is 9.78 Å². The molecule has 1 aromatic carbocycles. The largest absolute Gasteiger partial charge is 0.380 e. The molecule has 2 aromatic rings. The Balaban J connectivity index is 1.86. The molecule has 112 valence electrons. The van der Waals surface area contributed by atoms with Gasteiger partial charge in [-0.15, -0.1) is 0 Å². The van der Waals surface area contributed by atoms with Gasteiger partial charge in [0.1, 0.15) is 0 Å². The van der Waals surface area contributed by atoms with Crippen LogP contribution in [0.5, 0.6) is 0 Å². The van der Waals surface area contributed by atoms with E-state index in [4.69, 9.17) is 0 Å². The summed E-state index contributed by atoms with van der Waals surface area (Å²) in [7, 11) is 0. The van der Waals surface area contributed by atoms with Crippen molar-refractivity contribution >= 4 is 17.3 Å². The predicted molar refractivity (Wildman–Crippen MR) is 85.4 cm³/mol. The standard InChI is InChI=1S/C16H22N4O/c1-4-20-11-14(10-17-20)18-13(3)9-16(21)19-15-8-6-5-7-12(15)2/h5-8,10-11,13,18H,4,9H2,1-3H3,(H,19,21)/t13-/m0/s1. The Morgan fingerprint density at radius 3 is 2.81 bits per heavy atom. The number of hydrogen-bond acceptors (Lipinski definition) is 3. The molecule has 2 N–H and O–H groups in total. The van der Waals surface area contributed by atoms with E-state index >= 15 is 0 Å². The number of anilines is 2. The molecule has 0 aliphatic rings. The molecule has 0 unspecified atom stereocenters. The second-order valence-corrected chi connectivity index (χ2v) is 5.20. The maximum Gasteiger partial charge on any atom is 0.226 e. The first-order valence-electron chi connectivity index (χ1n) is 7.23. The molecule has 1 heterocycles. The quantitative estimate of drug-likeness (QED) is 0.858. The zero-order valence-corrected chi connectivity index (χ0v) is 12.8. The number of rotatable bonds is 6. The molecular formula is C16H22N4O. The van der Waals surface area contributed by atoms with Gasteiger partial charge in [-0.2, -0.15) is 5.10 Å². The second kappa shape index (κ2) is 6.92. The van der Waals surface area contributed by atoms with Gasteiger partial charge in [0, 0.05) is 30.9 Å². The SMILES string of the molecule is CCn1cc(N[C@@H](C)CC(=O)Nc2ccccc2C)cn1. The lowest BCUT2D eigenvalue weighted by Crippen LogP contribution is -2.23. The van der Waals surface area contributed by atoms with Crippen LogP contribution in [0.1, 0.15) is 25.8 Å². The van der Waals surface area contributed by atoms with Gasteiger partial charge in [-0.25, -0.2) is 0 Å². The number of carbonyl (C=O) groups excluding carboxylic acids is 1. The molecule has 0 saturated carbocycles. The van der Waals surface area contributed by atoms with E-state index in [1.807, 2.05) is 55.9 Å². The molecule has 1 amide bonds. The molecular weight excluding hydrogens is 264 g/mol. The molecule has 0 aliphatic carbocycles. The normalized spacial score (nSPS) is 12.0. The van der Waals surface area contributed by atoms with Crippen LogP contribution in [0, 0.1) is 6.92 Å². The molecule has 0 saturated heterocycles. The highest BCUT2D eigenvalue weighted by Gasteiger charge is 2.11. The van der Waals surface area contributed by atoms with Gasteiger partial charge in [0.15, 0.2) is 0 Å². The third-order valence-electron chi connectivity index (χ3n) is 3.28. The number of aryl methyl sites for hydroxylation is 2. The second-order valence-electron chi connectivity index (χ2n) is 5.20. The molecule has 5 heteroatoms. The van der Waals surface area contributed by atoms with Gasteiger partial charge in [0.25, 0.3) is 0 Å². The van der Waals surface area contributed by atoms with Crippen molar-refractivity contribution in [2.24, 2.45) is 0 Å². The number of aromatic nitrogens is 2. The maximum atomic E-state index is 12.1. The summed E-state index contributed by atoms with van der Waals surface area (Å²) in [6, 6.07) is 7.82. The van der Waals surface area contributed by atoms with Gasteiger partial charge < -0.3 is 10.6 Å². The van der Waals surface area contributed by atoms with Crippen LogP contribution in [0.25, 0.3) is 0 Å². The first-order valence-corrected chi connectivity index (χ1v) is 7.23. The Morgan fingerprint density at radius 1 is 1.38 bits per heavy atom. The molecule has 0 fully saturated rings. The molecule has 0 radical (unpaired) electrons. The summed E-state index contributed by atoms with van der Waals surface area (Å²) in [5, 5.41) is 10.4. The molecule has 0 aliphatic heterocycles. The topological polar surface area (TPSA) is 59.0 Å². The highest BCUT2D eigenvalue weighted by atomic mass is 16.1. The molecule has 0 bridgehead atoms. The van der Waals surface area contributed by atoms with Crippen molar-refractivity contribution in [2.75, 3.05) is 10.6 Å². The van der Waals surface area contributed by atoms with Crippen molar-refractivity contribution in [3.05, 3.63) is 42.2 Å². The number of nitrogens with zero attached hydrogens (tertiary/aromatic N) is 2. The number of nitrogens with one attached hydrogen (secondary N) is 2. The fourth-order valence-electron chi connectivity index (χ4n) is 2.14. The first-order chi connectivity index (χ1) is 10.1. The minimum Gasteiger partial charge on any atom is -0.380 e. The number of para-hydroxylation sites is 1. The van der Waals surface area contributed by atoms with Crippen LogP contribution in [0.4, 0.5) is 11.4 Å². The van der Waals surface area contributed by atoms with Gasteiger partial charge in [0.05, 0.1) is 11.9 Å². The van der Waals surface area contributed by atoms with E-state index in [-0.39, 0.29) is 11.9 Å². The highest BCUT2D eigenvalue weighted by Crippen LogP contribution is 2.14. The minimum atomic E-state index is 0.00665. The summed E-state index contributed by atoms with van der Waals surface area (Å²) in [6.07, 6.45) is 4.13. The molecule has 2 rings (SSSR count). The smallest absolute Gasteiger partial charge is 0.226 e. The highest BCUT2D eigenvalue weighted by molar-refractivity contribution is 5.92. The summed E-state index contributed by atoms with van der Waals surface area (Å²) in [6.45, 7) is 6.84. The van der Waals surface area contributed by atoms with Crippen LogP contribution in [-0.4, -0.2) is 21.7 Å². The lowest BCUT2D eigenvalue weighted by Gasteiger charge is -2.14. The molecule has 1 atom stereocenters. The zero-order chi connectivity index (χ0) is 15.2. The van der Waals surface area contributed by atoms with E-state index in [0.29, 0.717) is 6.42 Å². The number of benzene rings is 1. The minimum absolute atomic E-state index is 0.00665. The van der Waals surface area contributed by atoms with Gasteiger partial charge in [-0.05, 0) is 32.4 Å². The summed E-state index contributed by atoms with van der Waals surface area (Å²) in [4.78, 5) is 12.1. The van der Waals surface area contributed by atoms with Crippen LogP contribution >= 0.6 is 0 Å². The Bertz CT molecular complexity index is 606. The molecule has 5 nitrogen and oxygen atoms in total. The zero-order valence-electron chi connectivity index (χ0n) is 12.8. The van der Waals surface area contributed by atoms with Crippen LogP contribution in [0.3, 0.4) is 0 Å². The van der Waals surface area contributed by atoms with Crippen molar-refractivity contribution in [2.45, 2.75) is 39.8 Å². The average molecular weight is 286 g/mol. The lowest BCUT2D eigenvalue weighted by atomic mass is 10.2. The van der Waals surface area contributed by atoms with Crippen LogP contribution < -0.4 is 10.6 Å². The number of carbonyl (C=O) groups is 1. The van der Waals surface area contributed by atoms with Crippen molar-refractivity contribution in [1.29, 1.82) is 0 Å².